The Morgan fingerprint density at radius 2 is 2.18 bits per heavy atom. The van der Waals surface area contributed by atoms with E-state index in [-0.39, 0.29) is 24.8 Å². The van der Waals surface area contributed by atoms with Crippen molar-refractivity contribution >= 4 is 17.7 Å². The van der Waals surface area contributed by atoms with Gasteiger partial charge >= 0.3 is 12.0 Å². The van der Waals surface area contributed by atoms with Crippen LogP contribution in [-0.4, -0.2) is 41.7 Å². The molecule has 0 heterocycles. The minimum atomic E-state index is -0.983. The van der Waals surface area contributed by atoms with E-state index in [4.69, 9.17) is 9.84 Å². The number of urea groups is 1. The van der Waals surface area contributed by atoms with Crippen molar-refractivity contribution in [1.29, 1.82) is 0 Å². The average Bonchev–Trinajstić information content (AvgIpc) is 2.41. The number of anilines is 1. The number of aliphatic carboxylic acids is 1. The van der Waals surface area contributed by atoms with Crippen molar-refractivity contribution in [2.75, 3.05) is 18.9 Å². The van der Waals surface area contributed by atoms with Gasteiger partial charge in [0.1, 0.15) is 0 Å². The molecule has 0 saturated heterocycles. The van der Waals surface area contributed by atoms with E-state index in [1.807, 2.05) is 0 Å². The summed E-state index contributed by atoms with van der Waals surface area (Å²) in [5.74, 6) is -1.33. The molecule has 1 fully saturated rings. The van der Waals surface area contributed by atoms with E-state index in [1.54, 1.807) is 6.07 Å². The summed E-state index contributed by atoms with van der Waals surface area (Å²) in [4.78, 5) is 23.5. The third-order valence-corrected chi connectivity index (χ3v) is 3.54. The van der Waals surface area contributed by atoms with Crippen LogP contribution in [-0.2, 0) is 4.79 Å². The van der Waals surface area contributed by atoms with Gasteiger partial charge in [-0.2, -0.15) is 0 Å². The van der Waals surface area contributed by atoms with E-state index in [0.717, 1.165) is 19.3 Å². The van der Waals surface area contributed by atoms with Gasteiger partial charge in [-0.05, 0) is 31.4 Å². The molecule has 0 spiro atoms. The first-order valence-electron chi connectivity index (χ1n) is 7.16. The molecule has 0 radical (unpaired) electrons. The van der Waals surface area contributed by atoms with Gasteiger partial charge in [0, 0.05) is 25.3 Å². The largest absolute Gasteiger partial charge is 0.487 e. The second kappa shape index (κ2) is 7.11. The van der Waals surface area contributed by atoms with Crippen molar-refractivity contribution in [2.24, 2.45) is 0 Å². The summed E-state index contributed by atoms with van der Waals surface area (Å²) >= 11 is 0. The summed E-state index contributed by atoms with van der Waals surface area (Å²) in [7, 11) is 1.47. The molecular formula is C15H19FN2O4. The number of amides is 2. The van der Waals surface area contributed by atoms with Gasteiger partial charge in [0.15, 0.2) is 11.6 Å². The molecule has 6 nitrogen and oxygen atoms in total. The van der Waals surface area contributed by atoms with E-state index in [1.165, 1.54) is 24.1 Å². The number of hydrogen-bond acceptors (Lipinski definition) is 3. The van der Waals surface area contributed by atoms with Crippen LogP contribution in [0.5, 0.6) is 5.75 Å². The van der Waals surface area contributed by atoms with Gasteiger partial charge in [0.25, 0.3) is 0 Å². The number of benzene rings is 1. The van der Waals surface area contributed by atoms with Crippen LogP contribution in [0.25, 0.3) is 0 Å². The lowest BCUT2D eigenvalue weighted by Crippen LogP contribution is -2.33. The Labute approximate surface area is 127 Å². The zero-order chi connectivity index (χ0) is 16.1. The predicted molar refractivity (Wildman–Crippen MR) is 78.6 cm³/mol. The van der Waals surface area contributed by atoms with Crippen LogP contribution in [0.4, 0.5) is 14.9 Å². The Balaban J connectivity index is 1.90. The van der Waals surface area contributed by atoms with Crippen LogP contribution >= 0.6 is 0 Å². The Morgan fingerprint density at radius 1 is 1.45 bits per heavy atom. The summed E-state index contributed by atoms with van der Waals surface area (Å²) in [5, 5.41) is 11.1. The molecule has 1 aromatic carbocycles. The third kappa shape index (κ3) is 4.34. The second-order valence-corrected chi connectivity index (χ2v) is 5.31. The predicted octanol–water partition coefficient (Wildman–Crippen LogP) is 2.70. The molecular weight excluding hydrogens is 291 g/mol. The summed E-state index contributed by atoms with van der Waals surface area (Å²) in [6.07, 6.45) is 2.91. The fourth-order valence-corrected chi connectivity index (χ4v) is 1.93. The van der Waals surface area contributed by atoms with Crippen LogP contribution in [0.2, 0.25) is 0 Å². The fourth-order valence-electron chi connectivity index (χ4n) is 1.93. The number of carbonyl (C=O) groups excluding carboxylic acids is 1. The van der Waals surface area contributed by atoms with E-state index in [9.17, 15) is 14.0 Å². The summed E-state index contributed by atoms with van der Waals surface area (Å²) in [6, 6.07) is 3.74. The van der Waals surface area contributed by atoms with Crippen molar-refractivity contribution in [2.45, 2.75) is 31.8 Å². The molecule has 120 valence electrons. The first-order valence-corrected chi connectivity index (χ1v) is 7.16. The standard InChI is InChI=1S/C15H19FN2O4/c1-18(8-7-14(19)20)15(21)17-10-5-6-13(12(16)9-10)22-11-3-2-4-11/h5-6,9,11H,2-4,7-8H2,1H3,(H,17,21)(H,19,20). The van der Waals surface area contributed by atoms with Crippen molar-refractivity contribution in [1.82, 2.24) is 4.90 Å². The van der Waals surface area contributed by atoms with Crippen LogP contribution in [0, 0.1) is 5.82 Å². The smallest absolute Gasteiger partial charge is 0.321 e. The molecule has 0 aliphatic heterocycles. The van der Waals surface area contributed by atoms with E-state index in [2.05, 4.69) is 5.32 Å². The molecule has 2 N–H and O–H groups in total. The zero-order valence-electron chi connectivity index (χ0n) is 12.3. The van der Waals surface area contributed by atoms with Crippen LogP contribution in [0.1, 0.15) is 25.7 Å². The zero-order valence-corrected chi connectivity index (χ0v) is 12.3. The summed E-state index contributed by atoms with van der Waals surface area (Å²) < 4.78 is 19.4. The minimum Gasteiger partial charge on any atom is -0.487 e. The maximum atomic E-state index is 13.9. The fraction of sp³-hybridized carbons (Fsp3) is 0.467. The van der Waals surface area contributed by atoms with Gasteiger partial charge in [-0.1, -0.05) is 0 Å². The van der Waals surface area contributed by atoms with E-state index in [0.29, 0.717) is 5.69 Å². The monoisotopic (exact) mass is 310 g/mol. The molecule has 22 heavy (non-hydrogen) atoms. The molecule has 2 rings (SSSR count). The third-order valence-electron chi connectivity index (χ3n) is 3.54. The number of rotatable bonds is 6. The van der Waals surface area contributed by atoms with Crippen molar-refractivity contribution in [3.63, 3.8) is 0 Å². The van der Waals surface area contributed by atoms with Crippen LogP contribution in [0.15, 0.2) is 18.2 Å². The topological polar surface area (TPSA) is 78.9 Å². The van der Waals surface area contributed by atoms with Gasteiger partial charge in [-0.15, -0.1) is 0 Å². The lowest BCUT2D eigenvalue weighted by Gasteiger charge is -2.26. The molecule has 0 aromatic heterocycles. The maximum absolute atomic E-state index is 13.9. The molecule has 1 aliphatic carbocycles. The number of carboxylic acid groups (broad SMARTS) is 1. The van der Waals surface area contributed by atoms with Crippen LogP contribution in [0.3, 0.4) is 0 Å². The van der Waals surface area contributed by atoms with Crippen LogP contribution < -0.4 is 10.1 Å². The number of nitrogens with zero attached hydrogens (tertiary/aromatic N) is 1. The number of hydrogen-bond donors (Lipinski definition) is 2. The van der Waals surface area contributed by atoms with E-state index >= 15 is 0 Å². The van der Waals surface area contributed by atoms with E-state index < -0.39 is 17.8 Å². The molecule has 7 heteroatoms. The van der Waals surface area contributed by atoms with Crippen molar-refractivity contribution in [3.8, 4) is 5.75 Å². The second-order valence-electron chi connectivity index (χ2n) is 5.31. The molecule has 1 aromatic rings. The van der Waals surface area contributed by atoms with Gasteiger partial charge in [-0.3, -0.25) is 4.79 Å². The first kappa shape index (κ1) is 16.1. The van der Waals surface area contributed by atoms with Crippen molar-refractivity contribution < 1.29 is 23.8 Å². The Hall–Kier alpha value is -2.31. The first-order chi connectivity index (χ1) is 10.5. The SMILES string of the molecule is CN(CCC(=O)O)C(=O)Nc1ccc(OC2CCC2)c(F)c1. The summed E-state index contributed by atoms with van der Waals surface area (Å²) in [5.41, 5.74) is 0.297. The number of carbonyl (C=O) groups is 2. The maximum Gasteiger partial charge on any atom is 0.321 e. The highest BCUT2D eigenvalue weighted by Gasteiger charge is 2.20. The van der Waals surface area contributed by atoms with Crippen molar-refractivity contribution in [3.05, 3.63) is 24.0 Å². The van der Waals surface area contributed by atoms with Gasteiger partial charge < -0.3 is 20.1 Å². The average molecular weight is 310 g/mol. The molecule has 1 aliphatic rings. The molecule has 0 bridgehead atoms. The molecule has 0 unspecified atom stereocenters. The highest BCUT2D eigenvalue weighted by molar-refractivity contribution is 5.89. The molecule has 0 atom stereocenters. The quantitative estimate of drug-likeness (QED) is 0.846. The number of nitrogens with one attached hydrogen (secondary N) is 1. The van der Waals surface area contributed by atoms with Gasteiger partial charge in [-0.25, -0.2) is 9.18 Å². The normalized spacial score (nSPS) is 14.1. The number of carboxylic acids is 1. The Morgan fingerprint density at radius 3 is 2.73 bits per heavy atom. The molecule has 2 amide bonds. The van der Waals surface area contributed by atoms with Gasteiger partial charge in [0.05, 0.1) is 12.5 Å². The highest BCUT2D eigenvalue weighted by atomic mass is 19.1. The number of ether oxygens (including phenoxy) is 1. The minimum absolute atomic E-state index is 0.0759. The van der Waals surface area contributed by atoms with Gasteiger partial charge in [0.2, 0.25) is 0 Å². The highest BCUT2D eigenvalue weighted by Crippen LogP contribution is 2.28. The molecule has 1 saturated carbocycles. The lowest BCUT2D eigenvalue weighted by molar-refractivity contribution is -0.137. The Bertz CT molecular complexity index is 560. The lowest BCUT2D eigenvalue weighted by atomic mass is 9.96. The summed E-state index contributed by atoms with van der Waals surface area (Å²) in [6.45, 7) is 0.0759. The Kier molecular flexibility index (Phi) is 5.19. The number of halogens is 1.